The molecular formula is C6H7O3. The lowest BCUT2D eigenvalue weighted by molar-refractivity contribution is 0.104. The molecule has 0 saturated heterocycles. The molecule has 0 bridgehead atoms. The Morgan fingerprint density at radius 3 is 2.44 bits per heavy atom. The number of allylic oxidation sites excluding steroid dienone is 2. The molecule has 3 nitrogen and oxygen atoms in total. The molecule has 1 radical (unpaired) electrons. The van der Waals surface area contributed by atoms with Gasteiger partial charge in [-0.1, -0.05) is 6.08 Å². The summed E-state index contributed by atoms with van der Waals surface area (Å²) in [6.45, 7) is 0. The van der Waals surface area contributed by atoms with E-state index >= 15 is 0 Å². The van der Waals surface area contributed by atoms with Crippen molar-refractivity contribution in [3.8, 4) is 0 Å². The lowest BCUT2D eigenvalue weighted by atomic mass is 10.1. The van der Waals surface area contributed by atoms with Crippen LogP contribution >= 0.6 is 0 Å². The minimum atomic E-state index is -1.23. The highest BCUT2D eigenvalue weighted by Crippen LogP contribution is 2.15. The molecule has 3 N–H and O–H groups in total. The van der Waals surface area contributed by atoms with Crippen LogP contribution in [0.25, 0.3) is 0 Å². The number of hydrogen-bond donors (Lipinski definition) is 3. The van der Waals surface area contributed by atoms with Crippen LogP contribution in [0, 0.1) is 6.10 Å². The Balaban J connectivity index is 2.73. The quantitative estimate of drug-likeness (QED) is 0.437. The van der Waals surface area contributed by atoms with Gasteiger partial charge in [-0.25, -0.2) is 0 Å². The average Bonchev–Trinajstić information content (AvgIpc) is 1.83. The summed E-state index contributed by atoms with van der Waals surface area (Å²) in [5, 5.41) is 26.2. The third-order valence-electron chi connectivity index (χ3n) is 1.09. The first kappa shape index (κ1) is 6.32. The maximum absolute atomic E-state index is 8.79. The Kier molecular flexibility index (Phi) is 1.55. The summed E-state index contributed by atoms with van der Waals surface area (Å²) in [6, 6.07) is 0. The van der Waals surface area contributed by atoms with Gasteiger partial charge in [-0.2, -0.15) is 0 Å². The molecule has 0 aromatic heterocycles. The molecule has 3 heteroatoms. The van der Waals surface area contributed by atoms with Crippen molar-refractivity contribution in [3.05, 3.63) is 30.1 Å². The molecule has 0 saturated carbocycles. The third kappa shape index (κ3) is 1.12. The second kappa shape index (κ2) is 2.21. The maximum atomic E-state index is 8.79. The van der Waals surface area contributed by atoms with E-state index in [1.807, 2.05) is 0 Å². The molecular weight excluding hydrogens is 120 g/mol. The molecule has 49 valence electrons. The van der Waals surface area contributed by atoms with E-state index in [1.165, 1.54) is 18.2 Å². The molecule has 1 atom stereocenters. The monoisotopic (exact) mass is 127 g/mol. The van der Waals surface area contributed by atoms with Crippen LogP contribution in [0.4, 0.5) is 0 Å². The maximum Gasteiger partial charge on any atom is 0.151 e. The van der Waals surface area contributed by atoms with Gasteiger partial charge < -0.3 is 15.3 Å². The van der Waals surface area contributed by atoms with Crippen molar-refractivity contribution in [2.24, 2.45) is 0 Å². The van der Waals surface area contributed by atoms with Crippen molar-refractivity contribution < 1.29 is 15.3 Å². The number of hydrogen-bond acceptors (Lipinski definition) is 3. The van der Waals surface area contributed by atoms with Gasteiger partial charge in [-0.05, 0) is 12.2 Å². The molecule has 0 amide bonds. The van der Waals surface area contributed by atoms with E-state index in [-0.39, 0.29) is 11.9 Å². The Bertz CT molecular complexity index is 160. The van der Waals surface area contributed by atoms with Gasteiger partial charge in [0.15, 0.2) is 6.10 Å². The van der Waals surface area contributed by atoms with E-state index in [0.717, 1.165) is 0 Å². The Hall–Kier alpha value is -0.800. The van der Waals surface area contributed by atoms with Crippen molar-refractivity contribution in [2.75, 3.05) is 0 Å². The summed E-state index contributed by atoms with van der Waals surface area (Å²) >= 11 is 0. The minimum Gasteiger partial charge on any atom is -0.509 e. The lowest BCUT2D eigenvalue weighted by Gasteiger charge is -2.14. The van der Waals surface area contributed by atoms with E-state index in [2.05, 4.69) is 0 Å². The van der Waals surface area contributed by atoms with Gasteiger partial charge in [0, 0.05) is 0 Å². The molecule has 1 unspecified atom stereocenters. The molecule has 0 heterocycles. The van der Waals surface area contributed by atoms with Crippen molar-refractivity contribution in [1.82, 2.24) is 0 Å². The molecule has 0 aromatic rings. The Morgan fingerprint density at radius 1 is 1.33 bits per heavy atom. The molecule has 0 aromatic carbocycles. The fraction of sp³-hybridized carbons (Fsp3) is 0.167. The summed E-state index contributed by atoms with van der Waals surface area (Å²) in [5.74, 6) is -0.227. The second-order valence-electron chi connectivity index (χ2n) is 1.78. The van der Waals surface area contributed by atoms with Crippen molar-refractivity contribution in [2.45, 2.75) is 6.10 Å². The Morgan fingerprint density at radius 2 is 2.00 bits per heavy atom. The predicted molar refractivity (Wildman–Crippen MR) is 31.0 cm³/mol. The van der Waals surface area contributed by atoms with E-state index in [0.29, 0.717) is 0 Å². The van der Waals surface area contributed by atoms with Gasteiger partial charge in [-0.3, -0.25) is 0 Å². The molecule has 0 spiro atoms. The summed E-state index contributed by atoms with van der Waals surface area (Å²) < 4.78 is 0. The third-order valence-corrected chi connectivity index (χ3v) is 1.09. The summed E-state index contributed by atoms with van der Waals surface area (Å²) in [6.07, 6.45) is 2.65. The lowest BCUT2D eigenvalue weighted by Crippen LogP contribution is -2.20. The smallest absolute Gasteiger partial charge is 0.151 e. The van der Waals surface area contributed by atoms with Gasteiger partial charge in [0.2, 0.25) is 0 Å². The summed E-state index contributed by atoms with van der Waals surface area (Å²) in [4.78, 5) is 0. The number of rotatable bonds is 0. The number of aliphatic hydroxyl groups is 3. The van der Waals surface area contributed by atoms with Gasteiger partial charge >= 0.3 is 0 Å². The van der Waals surface area contributed by atoms with E-state index < -0.39 is 6.10 Å². The molecule has 1 aliphatic rings. The van der Waals surface area contributed by atoms with Gasteiger partial charge in [-0.15, -0.1) is 0 Å². The van der Waals surface area contributed by atoms with Crippen molar-refractivity contribution in [1.29, 1.82) is 0 Å². The van der Waals surface area contributed by atoms with Crippen LogP contribution in [-0.2, 0) is 0 Å². The van der Waals surface area contributed by atoms with Crippen LogP contribution in [-0.4, -0.2) is 21.4 Å². The van der Waals surface area contributed by atoms with Crippen LogP contribution in [0.2, 0.25) is 0 Å². The highest BCUT2D eigenvalue weighted by atomic mass is 16.4. The van der Waals surface area contributed by atoms with Crippen molar-refractivity contribution >= 4 is 0 Å². The Labute approximate surface area is 52.6 Å². The van der Waals surface area contributed by atoms with Crippen molar-refractivity contribution in [3.63, 3.8) is 0 Å². The van der Waals surface area contributed by atoms with Gasteiger partial charge in [0.1, 0.15) is 11.9 Å². The van der Waals surface area contributed by atoms with Crippen LogP contribution in [0.5, 0.6) is 0 Å². The SMILES string of the molecule is O[C]1C=CC=C(O)C1O. The fourth-order valence-electron chi connectivity index (χ4n) is 0.579. The largest absolute Gasteiger partial charge is 0.509 e. The zero-order valence-electron chi connectivity index (χ0n) is 4.65. The van der Waals surface area contributed by atoms with Crippen LogP contribution < -0.4 is 0 Å². The molecule has 1 rings (SSSR count). The summed E-state index contributed by atoms with van der Waals surface area (Å²) in [5.41, 5.74) is 0. The van der Waals surface area contributed by atoms with Gasteiger partial charge in [0.25, 0.3) is 0 Å². The fourth-order valence-corrected chi connectivity index (χ4v) is 0.579. The zero-order chi connectivity index (χ0) is 6.85. The summed E-state index contributed by atoms with van der Waals surface area (Å²) in [7, 11) is 0. The minimum absolute atomic E-state index is 0.227. The van der Waals surface area contributed by atoms with Crippen LogP contribution in [0.1, 0.15) is 0 Å². The first-order valence-corrected chi connectivity index (χ1v) is 2.53. The second-order valence-corrected chi connectivity index (χ2v) is 1.78. The first-order valence-electron chi connectivity index (χ1n) is 2.53. The molecule has 0 fully saturated rings. The van der Waals surface area contributed by atoms with E-state index in [9.17, 15) is 0 Å². The molecule has 1 aliphatic carbocycles. The van der Waals surface area contributed by atoms with Crippen LogP contribution in [0.15, 0.2) is 24.0 Å². The average molecular weight is 127 g/mol. The first-order chi connectivity index (χ1) is 4.22. The van der Waals surface area contributed by atoms with E-state index in [4.69, 9.17) is 15.3 Å². The van der Waals surface area contributed by atoms with E-state index in [1.54, 1.807) is 0 Å². The zero-order valence-corrected chi connectivity index (χ0v) is 4.65. The van der Waals surface area contributed by atoms with Crippen LogP contribution in [0.3, 0.4) is 0 Å². The van der Waals surface area contributed by atoms with Gasteiger partial charge in [0.05, 0.1) is 0 Å². The normalized spacial score (nSPS) is 28.2. The number of aliphatic hydroxyl groups excluding tert-OH is 3. The highest BCUT2D eigenvalue weighted by molar-refractivity contribution is 5.27. The standard InChI is InChI=1S/C6H7O3/c7-4-2-1-3-5(8)6(4)9/h1-3,6-9H. The predicted octanol–water partition coefficient (Wildman–Crippen LogP) is 0.263. The molecule has 9 heavy (non-hydrogen) atoms. The highest BCUT2D eigenvalue weighted by Gasteiger charge is 2.20. The topological polar surface area (TPSA) is 60.7 Å². The molecule has 0 aliphatic heterocycles.